The minimum atomic E-state index is -0.336. The number of nitrogens with one attached hydrogen (secondary N) is 1. The molecule has 0 radical (unpaired) electrons. The van der Waals surface area contributed by atoms with E-state index < -0.39 is 0 Å². The molecular formula is C19H24Cl2N4O2. The number of aryl methyl sites for hydroxylation is 2. The van der Waals surface area contributed by atoms with Gasteiger partial charge in [0.15, 0.2) is 0 Å². The van der Waals surface area contributed by atoms with Crippen molar-refractivity contribution in [1.29, 1.82) is 0 Å². The smallest absolute Gasteiger partial charge is 0.328 e. The first-order chi connectivity index (χ1) is 13.0. The number of piperazine rings is 1. The number of benzene rings is 1. The second-order valence-corrected chi connectivity index (χ2v) is 7.66. The molecule has 0 bridgehead atoms. The van der Waals surface area contributed by atoms with E-state index in [9.17, 15) is 9.59 Å². The Bertz CT molecular complexity index is 901. The van der Waals surface area contributed by atoms with Gasteiger partial charge < -0.3 is 9.47 Å². The van der Waals surface area contributed by atoms with Crippen LogP contribution in [0.1, 0.15) is 18.4 Å². The van der Waals surface area contributed by atoms with Crippen molar-refractivity contribution in [3.63, 3.8) is 0 Å². The van der Waals surface area contributed by atoms with Gasteiger partial charge in [-0.3, -0.25) is 14.7 Å². The second kappa shape index (κ2) is 8.95. The predicted octanol–water partition coefficient (Wildman–Crippen LogP) is 2.75. The van der Waals surface area contributed by atoms with E-state index in [0.717, 1.165) is 51.3 Å². The first kappa shape index (κ1) is 20.0. The molecule has 1 aromatic heterocycles. The highest BCUT2D eigenvalue weighted by molar-refractivity contribution is 6.43. The predicted molar refractivity (Wildman–Crippen MR) is 110 cm³/mol. The molecule has 146 valence electrons. The van der Waals surface area contributed by atoms with Gasteiger partial charge in [0, 0.05) is 44.5 Å². The zero-order valence-electron chi connectivity index (χ0n) is 15.4. The van der Waals surface area contributed by atoms with E-state index >= 15 is 0 Å². The molecule has 0 saturated carbocycles. The van der Waals surface area contributed by atoms with Gasteiger partial charge in [0.1, 0.15) is 0 Å². The highest BCUT2D eigenvalue weighted by Gasteiger charge is 2.19. The number of unbranched alkanes of at least 4 members (excludes halogenated alkanes) is 1. The van der Waals surface area contributed by atoms with Crippen LogP contribution >= 0.6 is 23.2 Å². The standard InChI is InChI=1S/C19H24Cl2N4O2/c1-14-13-25(19(27)22-18(14)26)8-3-2-7-23-9-11-24(12-10-23)16-6-4-5-15(20)17(16)21/h4-6,13H,2-3,7-12H2,1H3,(H,22,26,27). The Morgan fingerprint density at radius 2 is 1.74 bits per heavy atom. The number of nitrogens with zero attached hydrogens (tertiary/aromatic N) is 3. The molecule has 1 aromatic carbocycles. The molecule has 0 aliphatic carbocycles. The maximum absolute atomic E-state index is 11.8. The van der Waals surface area contributed by atoms with E-state index in [-0.39, 0.29) is 11.2 Å². The average molecular weight is 411 g/mol. The quantitative estimate of drug-likeness (QED) is 0.743. The minimum Gasteiger partial charge on any atom is -0.368 e. The van der Waals surface area contributed by atoms with Crippen molar-refractivity contribution in [3.05, 3.63) is 60.8 Å². The highest BCUT2D eigenvalue weighted by atomic mass is 35.5. The van der Waals surface area contributed by atoms with Gasteiger partial charge in [0.25, 0.3) is 5.56 Å². The Hall–Kier alpha value is -1.76. The Morgan fingerprint density at radius 3 is 2.48 bits per heavy atom. The minimum absolute atomic E-state index is 0.311. The number of hydrogen-bond acceptors (Lipinski definition) is 4. The summed E-state index contributed by atoms with van der Waals surface area (Å²) < 4.78 is 1.58. The van der Waals surface area contributed by atoms with Crippen molar-refractivity contribution >= 4 is 28.9 Å². The van der Waals surface area contributed by atoms with Crippen molar-refractivity contribution in [2.75, 3.05) is 37.6 Å². The summed E-state index contributed by atoms with van der Waals surface area (Å²) in [5.41, 5.74) is 0.911. The van der Waals surface area contributed by atoms with Gasteiger partial charge in [-0.1, -0.05) is 29.3 Å². The van der Waals surface area contributed by atoms with E-state index in [1.807, 2.05) is 12.1 Å². The van der Waals surface area contributed by atoms with Crippen molar-refractivity contribution in [1.82, 2.24) is 14.5 Å². The van der Waals surface area contributed by atoms with Gasteiger partial charge in [-0.2, -0.15) is 0 Å². The van der Waals surface area contributed by atoms with E-state index in [0.29, 0.717) is 22.2 Å². The summed E-state index contributed by atoms with van der Waals surface area (Å²) in [4.78, 5) is 30.2. The van der Waals surface area contributed by atoms with E-state index in [2.05, 4.69) is 14.8 Å². The molecule has 1 fully saturated rings. The SMILES string of the molecule is Cc1cn(CCCCN2CCN(c3cccc(Cl)c3Cl)CC2)c(=O)[nH]c1=O. The van der Waals surface area contributed by atoms with E-state index in [1.165, 1.54) is 0 Å². The number of hydrogen-bond donors (Lipinski definition) is 1. The fraction of sp³-hybridized carbons (Fsp3) is 0.474. The van der Waals surface area contributed by atoms with Crippen LogP contribution in [0, 0.1) is 6.92 Å². The largest absolute Gasteiger partial charge is 0.368 e. The van der Waals surface area contributed by atoms with Crippen LogP contribution in [0.3, 0.4) is 0 Å². The molecule has 3 rings (SSSR count). The number of aromatic nitrogens is 2. The normalized spacial score (nSPS) is 15.3. The molecule has 1 N–H and O–H groups in total. The summed E-state index contributed by atoms with van der Waals surface area (Å²) in [5.74, 6) is 0. The summed E-state index contributed by atoms with van der Waals surface area (Å²) in [6.07, 6.45) is 3.53. The summed E-state index contributed by atoms with van der Waals surface area (Å²) in [7, 11) is 0. The summed E-state index contributed by atoms with van der Waals surface area (Å²) in [5, 5.41) is 1.21. The Labute approximate surface area is 168 Å². The Kier molecular flexibility index (Phi) is 6.63. The molecule has 1 aliphatic rings. The lowest BCUT2D eigenvalue weighted by Crippen LogP contribution is -2.46. The summed E-state index contributed by atoms with van der Waals surface area (Å²) in [6, 6.07) is 5.74. The van der Waals surface area contributed by atoms with Crippen LogP contribution in [0.5, 0.6) is 0 Å². The summed E-state index contributed by atoms with van der Waals surface area (Å²) in [6.45, 7) is 7.10. The molecule has 2 heterocycles. The number of anilines is 1. The Balaban J connectivity index is 1.44. The number of rotatable bonds is 6. The monoisotopic (exact) mass is 410 g/mol. The topological polar surface area (TPSA) is 61.3 Å². The van der Waals surface area contributed by atoms with E-state index in [4.69, 9.17) is 23.2 Å². The third-order valence-corrected chi connectivity index (χ3v) is 5.77. The molecule has 1 aliphatic heterocycles. The molecule has 27 heavy (non-hydrogen) atoms. The average Bonchev–Trinajstić information content (AvgIpc) is 2.65. The van der Waals surface area contributed by atoms with Gasteiger partial charge in [0.05, 0.1) is 15.7 Å². The van der Waals surface area contributed by atoms with Crippen molar-refractivity contribution < 1.29 is 0 Å². The first-order valence-corrected chi connectivity index (χ1v) is 9.93. The molecule has 1 saturated heterocycles. The van der Waals surface area contributed by atoms with Crippen LogP contribution < -0.4 is 16.1 Å². The molecule has 0 unspecified atom stereocenters. The van der Waals surface area contributed by atoms with E-state index in [1.54, 1.807) is 23.8 Å². The highest BCUT2D eigenvalue weighted by Crippen LogP contribution is 2.32. The van der Waals surface area contributed by atoms with Crippen molar-refractivity contribution in [3.8, 4) is 0 Å². The van der Waals surface area contributed by atoms with Crippen molar-refractivity contribution in [2.24, 2.45) is 0 Å². The van der Waals surface area contributed by atoms with Crippen LogP contribution in [0.15, 0.2) is 34.0 Å². The van der Waals surface area contributed by atoms with Crippen LogP contribution in [0.2, 0.25) is 10.0 Å². The zero-order chi connectivity index (χ0) is 19.4. The maximum atomic E-state index is 11.8. The fourth-order valence-electron chi connectivity index (χ4n) is 3.35. The third kappa shape index (κ3) is 4.94. The van der Waals surface area contributed by atoms with Gasteiger partial charge in [0.2, 0.25) is 0 Å². The lowest BCUT2D eigenvalue weighted by atomic mass is 10.2. The molecule has 2 aromatic rings. The fourth-order valence-corrected chi connectivity index (χ4v) is 3.77. The molecule has 8 heteroatoms. The molecule has 0 atom stereocenters. The van der Waals surface area contributed by atoms with Crippen LogP contribution in [0.25, 0.3) is 0 Å². The van der Waals surface area contributed by atoms with Gasteiger partial charge in [-0.05, 0) is 38.4 Å². The second-order valence-electron chi connectivity index (χ2n) is 6.87. The third-order valence-electron chi connectivity index (χ3n) is 4.96. The zero-order valence-corrected chi connectivity index (χ0v) is 16.9. The van der Waals surface area contributed by atoms with Gasteiger partial charge >= 0.3 is 5.69 Å². The van der Waals surface area contributed by atoms with Crippen molar-refractivity contribution in [2.45, 2.75) is 26.3 Å². The first-order valence-electron chi connectivity index (χ1n) is 9.17. The number of H-pyrrole nitrogens is 1. The van der Waals surface area contributed by atoms with Crippen LogP contribution in [-0.2, 0) is 6.54 Å². The molecule has 6 nitrogen and oxygen atoms in total. The molecular weight excluding hydrogens is 387 g/mol. The van der Waals surface area contributed by atoms with Crippen LogP contribution in [0.4, 0.5) is 5.69 Å². The summed E-state index contributed by atoms with van der Waals surface area (Å²) >= 11 is 12.4. The van der Waals surface area contributed by atoms with Crippen LogP contribution in [-0.4, -0.2) is 47.2 Å². The maximum Gasteiger partial charge on any atom is 0.328 e. The molecule has 0 spiro atoms. The van der Waals surface area contributed by atoms with Gasteiger partial charge in [-0.25, -0.2) is 4.79 Å². The lowest BCUT2D eigenvalue weighted by molar-refractivity contribution is 0.251. The van der Waals surface area contributed by atoms with Gasteiger partial charge in [-0.15, -0.1) is 0 Å². The Morgan fingerprint density at radius 1 is 1.04 bits per heavy atom. The molecule has 0 amide bonds. The number of aromatic amines is 1. The lowest BCUT2D eigenvalue weighted by Gasteiger charge is -2.36. The number of halogens is 2.